The Morgan fingerprint density at radius 2 is 2.10 bits per heavy atom. The average molecular weight is 308 g/mol. The van der Waals surface area contributed by atoms with Crippen molar-refractivity contribution < 1.29 is 4.74 Å². The van der Waals surface area contributed by atoms with Gasteiger partial charge in [-0.25, -0.2) is 4.98 Å². The van der Waals surface area contributed by atoms with E-state index in [-0.39, 0.29) is 0 Å². The summed E-state index contributed by atoms with van der Waals surface area (Å²) < 4.78 is 5.50. The third-order valence-electron chi connectivity index (χ3n) is 4.67. The number of ether oxygens (including phenoxy) is 1. The van der Waals surface area contributed by atoms with Crippen molar-refractivity contribution in [3.8, 4) is 0 Å². The number of fused-ring (bicyclic) bond motifs is 1. The van der Waals surface area contributed by atoms with Gasteiger partial charge in [0.05, 0.1) is 10.7 Å². The largest absolute Gasteiger partial charge is 0.381 e. The van der Waals surface area contributed by atoms with Crippen LogP contribution in [0.1, 0.15) is 74.0 Å². The molecule has 1 atom stereocenters. The van der Waals surface area contributed by atoms with Crippen LogP contribution in [0.4, 0.5) is 0 Å². The molecule has 1 aromatic rings. The lowest BCUT2D eigenvalue weighted by Crippen LogP contribution is -2.33. The van der Waals surface area contributed by atoms with E-state index in [2.05, 4.69) is 26.1 Å². The van der Waals surface area contributed by atoms with Gasteiger partial charge in [-0.3, -0.25) is 0 Å². The fraction of sp³-hybridized carbons (Fsp3) is 0.824. The van der Waals surface area contributed by atoms with Crippen molar-refractivity contribution in [3.05, 3.63) is 15.6 Å². The van der Waals surface area contributed by atoms with Crippen LogP contribution in [-0.4, -0.2) is 24.7 Å². The fourth-order valence-corrected chi connectivity index (χ4v) is 4.88. The molecule has 118 valence electrons. The van der Waals surface area contributed by atoms with Gasteiger partial charge in [-0.15, -0.1) is 11.3 Å². The predicted molar refractivity (Wildman–Crippen MR) is 88.0 cm³/mol. The van der Waals surface area contributed by atoms with Crippen molar-refractivity contribution in [1.82, 2.24) is 10.3 Å². The van der Waals surface area contributed by atoms with Gasteiger partial charge in [-0.05, 0) is 44.1 Å². The summed E-state index contributed by atoms with van der Waals surface area (Å²) in [5.74, 6) is 0.629. The topological polar surface area (TPSA) is 34.2 Å². The fourth-order valence-electron chi connectivity index (χ4n) is 3.55. The van der Waals surface area contributed by atoms with Crippen molar-refractivity contribution >= 4 is 11.3 Å². The molecule has 1 aromatic heterocycles. The molecule has 3 rings (SSSR count). The first kappa shape index (κ1) is 15.4. The molecule has 1 aliphatic heterocycles. The van der Waals surface area contributed by atoms with Gasteiger partial charge in [0, 0.05) is 30.1 Å². The molecule has 3 nitrogen and oxygen atoms in total. The van der Waals surface area contributed by atoms with E-state index in [9.17, 15) is 0 Å². The van der Waals surface area contributed by atoms with Crippen LogP contribution in [0.5, 0.6) is 0 Å². The molecule has 0 aromatic carbocycles. The second-order valence-corrected chi connectivity index (χ2v) is 8.36. The van der Waals surface area contributed by atoms with E-state index in [1.54, 1.807) is 0 Å². The monoisotopic (exact) mass is 308 g/mol. The number of nitrogens with zero attached hydrogens (tertiary/aromatic N) is 1. The summed E-state index contributed by atoms with van der Waals surface area (Å²) >= 11 is 1.97. The van der Waals surface area contributed by atoms with Gasteiger partial charge >= 0.3 is 0 Å². The molecule has 0 saturated carbocycles. The molecule has 1 unspecified atom stereocenters. The lowest BCUT2D eigenvalue weighted by Gasteiger charge is -2.34. The lowest BCUT2D eigenvalue weighted by atomic mass is 9.76. The normalized spacial score (nSPS) is 25.8. The standard InChI is InChI=1S/C17H28N2OS/c1-4-7-18-13-10-17(2,3)11-14-15(13)21-16(19-14)12-5-8-20-9-6-12/h12-13,18H,4-11H2,1-3H3. The molecule has 0 amide bonds. The van der Waals surface area contributed by atoms with Crippen molar-refractivity contribution in [1.29, 1.82) is 0 Å². The van der Waals surface area contributed by atoms with E-state index < -0.39 is 0 Å². The first-order valence-corrected chi connectivity index (χ1v) is 9.21. The Hall–Kier alpha value is -0.450. The smallest absolute Gasteiger partial charge is 0.0964 e. The maximum absolute atomic E-state index is 5.50. The Balaban J connectivity index is 1.83. The van der Waals surface area contributed by atoms with E-state index in [4.69, 9.17) is 9.72 Å². The minimum absolute atomic E-state index is 0.361. The molecule has 4 heteroatoms. The SMILES string of the molecule is CCCNC1CC(C)(C)Cc2nc(C3CCOCC3)sc21. The van der Waals surface area contributed by atoms with Gasteiger partial charge in [0.2, 0.25) is 0 Å². The van der Waals surface area contributed by atoms with Crippen LogP contribution in [0.15, 0.2) is 0 Å². The van der Waals surface area contributed by atoms with Gasteiger partial charge in [-0.1, -0.05) is 20.8 Å². The van der Waals surface area contributed by atoms with Crippen LogP contribution in [0.3, 0.4) is 0 Å². The van der Waals surface area contributed by atoms with Crippen molar-refractivity contribution in [2.75, 3.05) is 19.8 Å². The Morgan fingerprint density at radius 1 is 1.33 bits per heavy atom. The molecule has 2 aliphatic rings. The Labute approximate surface area is 132 Å². The van der Waals surface area contributed by atoms with E-state index in [1.165, 1.54) is 28.4 Å². The van der Waals surface area contributed by atoms with Gasteiger partial charge in [0.25, 0.3) is 0 Å². The number of aromatic nitrogens is 1. The van der Waals surface area contributed by atoms with E-state index in [1.807, 2.05) is 11.3 Å². The van der Waals surface area contributed by atoms with Crippen LogP contribution in [0.25, 0.3) is 0 Å². The second-order valence-electron chi connectivity index (χ2n) is 7.30. The minimum Gasteiger partial charge on any atom is -0.381 e. The van der Waals surface area contributed by atoms with Crippen molar-refractivity contribution in [2.24, 2.45) is 5.41 Å². The second kappa shape index (κ2) is 6.35. The quantitative estimate of drug-likeness (QED) is 0.911. The highest BCUT2D eigenvalue weighted by Crippen LogP contribution is 2.45. The third kappa shape index (κ3) is 3.49. The highest BCUT2D eigenvalue weighted by atomic mass is 32.1. The van der Waals surface area contributed by atoms with E-state index >= 15 is 0 Å². The van der Waals surface area contributed by atoms with Gasteiger partial charge < -0.3 is 10.1 Å². The minimum atomic E-state index is 0.361. The molecule has 21 heavy (non-hydrogen) atoms. The van der Waals surface area contributed by atoms with Crippen molar-refractivity contribution in [3.63, 3.8) is 0 Å². The average Bonchev–Trinajstić information content (AvgIpc) is 2.88. The molecule has 0 radical (unpaired) electrons. The van der Waals surface area contributed by atoms with Crippen molar-refractivity contribution in [2.45, 2.75) is 64.8 Å². The summed E-state index contributed by atoms with van der Waals surface area (Å²) in [6, 6.07) is 0.509. The molecule has 1 aliphatic carbocycles. The molecule has 1 saturated heterocycles. The maximum Gasteiger partial charge on any atom is 0.0964 e. The molecule has 2 heterocycles. The summed E-state index contributed by atoms with van der Waals surface area (Å²) in [6.45, 7) is 9.90. The molecular weight excluding hydrogens is 280 g/mol. The first-order chi connectivity index (χ1) is 10.1. The lowest BCUT2D eigenvalue weighted by molar-refractivity contribution is 0.0852. The summed E-state index contributed by atoms with van der Waals surface area (Å²) in [5, 5.41) is 5.11. The highest BCUT2D eigenvalue weighted by Gasteiger charge is 2.35. The molecule has 0 spiro atoms. The van der Waals surface area contributed by atoms with Gasteiger partial charge in [0.15, 0.2) is 0 Å². The summed E-state index contributed by atoms with van der Waals surface area (Å²) in [5.41, 5.74) is 1.73. The number of hydrogen-bond acceptors (Lipinski definition) is 4. The summed E-state index contributed by atoms with van der Waals surface area (Å²) in [7, 11) is 0. The molecule has 0 bridgehead atoms. The van der Waals surface area contributed by atoms with Crippen LogP contribution in [0, 0.1) is 5.41 Å². The molecular formula is C17H28N2OS. The highest BCUT2D eigenvalue weighted by molar-refractivity contribution is 7.12. The number of thiazole rings is 1. The third-order valence-corrected chi connectivity index (χ3v) is 6.05. The van der Waals surface area contributed by atoms with Crippen LogP contribution >= 0.6 is 11.3 Å². The number of rotatable bonds is 4. The van der Waals surface area contributed by atoms with E-state index in [0.29, 0.717) is 17.4 Å². The number of hydrogen-bond donors (Lipinski definition) is 1. The van der Waals surface area contributed by atoms with Gasteiger partial charge in [-0.2, -0.15) is 0 Å². The van der Waals surface area contributed by atoms with E-state index in [0.717, 1.165) is 39.0 Å². The van der Waals surface area contributed by atoms with Gasteiger partial charge in [0.1, 0.15) is 0 Å². The van der Waals surface area contributed by atoms with Crippen LogP contribution < -0.4 is 5.32 Å². The van der Waals surface area contributed by atoms with Crippen LogP contribution in [0.2, 0.25) is 0 Å². The predicted octanol–water partition coefficient (Wildman–Crippen LogP) is 4.05. The van der Waals surface area contributed by atoms with Crippen LogP contribution in [-0.2, 0) is 11.2 Å². The summed E-state index contributed by atoms with van der Waals surface area (Å²) in [6.07, 6.45) is 5.84. The number of nitrogens with one attached hydrogen (secondary N) is 1. The summed E-state index contributed by atoms with van der Waals surface area (Å²) in [4.78, 5) is 6.57. The Morgan fingerprint density at radius 3 is 2.81 bits per heavy atom. The zero-order valence-corrected chi connectivity index (χ0v) is 14.4. The Bertz CT molecular complexity index is 477. The Kier molecular flexibility index (Phi) is 4.67. The zero-order chi connectivity index (χ0) is 14.9. The first-order valence-electron chi connectivity index (χ1n) is 8.39. The maximum atomic E-state index is 5.50. The molecule has 1 N–H and O–H groups in total. The molecule has 1 fully saturated rings. The zero-order valence-electron chi connectivity index (χ0n) is 13.6.